The van der Waals surface area contributed by atoms with Crippen LogP contribution in [0.4, 0.5) is 0 Å². The highest BCUT2D eigenvalue weighted by atomic mass is 32.2. The molecule has 0 aliphatic heterocycles. The van der Waals surface area contributed by atoms with Crippen LogP contribution in [-0.4, -0.2) is 26.0 Å². The second-order valence-corrected chi connectivity index (χ2v) is 9.94. The monoisotopic (exact) mass is 446 g/mol. The van der Waals surface area contributed by atoms with E-state index in [0.29, 0.717) is 12.1 Å². The Balaban J connectivity index is 1.77. The molecular weight excluding hydrogens is 420 g/mol. The fraction of sp³-hybridized carbons (Fsp3) is 0.240. The highest BCUT2D eigenvalue weighted by Crippen LogP contribution is 2.38. The van der Waals surface area contributed by atoms with E-state index in [4.69, 9.17) is 5.73 Å². The van der Waals surface area contributed by atoms with Crippen LogP contribution in [0.2, 0.25) is 0 Å². The van der Waals surface area contributed by atoms with Crippen molar-refractivity contribution in [3.05, 3.63) is 71.8 Å². The summed E-state index contributed by atoms with van der Waals surface area (Å²) in [7, 11) is 0. The van der Waals surface area contributed by atoms with Crippen LogP contribution in [-0.2, 0) is 16.6 Å². The molecule has 0 aliphatic rings. The first-order valence-corrected chi connectivity index (χ1v) is 11.3. The Hall–Kier alpha value is -3.32. The van der Waals surface area contributed by atoms with E-state index in [9.17, 15) is 9.90 Å². The van der Waals surface area contributed by atoms with Gasteiger partial charge in [-0.05, 0) is 53.8 Å². The quantitative estimate of drug-likeness (QED) is 0.435. The molecule has 3 aromatic carbocycles. The summed E-state index contributed by atoms with van der Waals surface area (Å²) in [6.45, 7) is 6.11. The van der Waals surface area contributed by atoms with Crippen molar-refractivity contribution < 1.29 is 9.90 Å². The second kappa shape index (κ2) is 8.67. The summed E-state index contributed by atoms with van der Waals surface area (Å²) in [6, 6.07) is 19.9. The fourth-order valence-electron chi connectivity index (χ4n) is 3.59. The van der Waals surface area contributed by atoms with Gasteiger partial charge in [-0.25, -0.2) is 4.68 Å². The van der Waals surface area contributed by atoms with Gasteiger partial charge < -0.3 is 10.8 Å². The number of benzene rings is 3. The van der Waals surface area contributed by atoms with Crippen LogP contribution in [0.25, 0.3) is 16.7 Å². The van der Waals surface area contributed by atoms with Crippen LogP contribution in [0.5, 0.6) is 5.75 Å². The summed E-state index contributed by atoms with van der Waals surface area (Å²) in [4.78, 5) is 13.5. The predicted molar refractivity (Wildman–Crippen MR) is 127 cm³/mol. The van der Waals surface area contributed by atoms with Crippen molar-refractivity contribution in [2.24, 2.45) is 5.73 Å². The van der Waals surface area contributed by atoms with Crippen LogP contribution >= 0.6 is 11.8 Å². The Labute approximate surface area is 191 Å². The molecule has 4 aromatic rings. The highest BCUT2D eigenvalue weighted by molar-refractivity contribution is 7.99. The average molecular weight is 447 g/mol. The molecule has 6 nitrogen and oxygen atoms in total. The average Bonchev–Trinajstić information content (AvgIpc) is 3.16. The number of aromatic nitrogens is 3. The highest BCUT2D eigenvalue weighted by Gasteiger charge is 2.23. The summed E-state index contributed by atoms with van der Waals surface area (Å²) < 4.78 is 1.66. The van der Waals surface area contributed by atoms with Gasteiger partial charge in [-0.15, -0.1) is 5.10 Å². The zero-order valence-corrected chi connectivity index (χ0v) is 19.2. The standard InChI is InChI=1S/C25H26N4O2S/c1-25(2,3)19-13-16(9-12-23(26)30)14-22(24(19)31)29-21-11-10-18(15-20(21)27-28-29)32-17-7-5-4-6-8-17/h4-8,10-11,13-15,31H,9,12H2,1-3H3,(H2,26,30). The lowest BCUT2D eigenvalue weighted by Gasteiger charge is -2.23. The summed E-state index contributed by atoms with van der Waals surface area (Å²) in [5.41, 5.74) is 8.84. The molecule has 0 saturated heterocycles. The third-order valence-electron chi connectivity index (χ3n) is 5.24. The summed E-state index contributed by atoms with van der Waals surface area (Å²) in [5, 5.41) is 19.8. The molecule has 0 fully saturated rings. The lowest BCUT2D eigenvalue weighted by molar-refractivity contribution is -0.117. The molecule has 164 valence electrons. The first kappa shape index (κ1) is 21.9. The summed E-state index contributed by atoms with van der Waals surface area (Å²) in [6.07, 6.45) is 0.738. The van der Waals surface area contributed by atoms with Gasteiger partial charge in [0, 0.05) is 21.8 Å². The van der Waals surface area contributed by atoms with Gasteiger partial charge >= 0.3 is 0 Å². The molecule has 0 spiro atoms. The maximum absolute atomic E-state index is 11.3. The van der Waals surface area contributed by atoms with Crippen LogP contribution in [0.3, 0.4) is 0 Å². The number of nitrogens with two attached hydrogens (primary N) is 1. The number of amides is 1. The van der Waals surface area contributed by atoms with Crippen molar-refractivity contribution in [3.63, 3.8) is 0 Å². The Morgan fingerprint density at radius 1 is 1.06 bits per heavy atom. The lowest BCUT2D eigenvalue weighted by Crippen LogP contribution is -2.15. The number of hydrogen-bond acceptors (Lipinski definition) is 5. The largest absolute Gasteiger partial charge is 0.505 e. The maximum Gasteiger partial charge on any atom is 0.217 e. The van der Waals surface area contributed by atoms with Crippen LogP contribution in [0.15, 0.2) is 70.5 Å². The molecule has 0 unspecified atom stereocenters. The number of phenolic OH excluding ortho intramolecular Hbond substituents is 1. The number of rotatable bonds is 6. The number of carbonyl (C=O) groups excluding carboxylic acids is 1. The zero-order chi connectivity index (χ0) is 22.9. The van der Waals surface area contributed by atoms with Gasteiger partial charge in [0.15, 0.2) is 0 Å². The van der Waals surface area contributed by atoms with Gasteiger partial charge in [-0.1, -0.05) is 62.0 Å². The Morgan fingerprint density at radius 2 is 1.81 bits per heavy atom. The molecule has 0 saturated carbocycles. The Morgan fingerprint density at radius 3 is 2.50 bits per heavy atom. The Bertz CT molecular complexity index is 1280. The number of fused-ring (bicyclic) bond motifs is 1. The fourth-order valence-corrected chi connectivity index (χ4v) is 4.46. The van der Waals surface area contributed by atoms with Gasteiger partial charge in [-0.2, -0.15) is 0 Å². The molecule has 0 radical (unpaired) electrons. The van der Waals surface area contributed by atoms with E-state index in [2.05, 4.69) is 22.4 Å². The number of carbonyl (C=O) groups is 1. The van der Waals surface area contributed by atoms with E-state index in [1.54, 1.807) is 16.4 Å². The van der Waals surface area contributed by atoms with Crippen LogP contribution < -0.4 is 5.73 Å². The predicted octanol–water partition coefficient (Wildman–Crippen LogP) is 4.99. The zero-order valence-electron chi connectivity index (χ0n) is 18.4. The molecule has 3 N–H and O–H groups in total. The van der Waals surface area contributed by atoms with E-state index in [0.717, 1.165) is 32.0 Å². The maximum atomic E-state index is 11.3. The van der Waals surface area contributed by atoms with E-state index in [1.807, 2.05) is 69.3 Å². The SMILES string of the molecule is CC(C)(C)c1cc(CCC(N)=O)cc(-n2nnc3cc(Sc4ccccc4)ccc32)c1O. The smallest absolute Gasteiger partial charge is 0.217 e. The van der Waals surface area contributed by atoms with Crippen molar-refractivity contribution >= 4 is 28.7 Å². The molecule has 0 bridgehead atoms. The number of nitrogens with zero attached hydrogens (tertiary/aromatic N) is 3. The molecular formula is C25H26N4O2S. The molecule has 1 amide bonds. The number of phenols is 1. The number of aromatic hydroxyl groups is 1. The first-order chi connectivity index (χ1) is 15.2. The third-order valence-corrected chi connectivity index (χ3v) is 6.24. The van der Waals surface area contributed by atoms with E-state index >= 15 is 0 Å². The van der Waals surface area contributed by atoms with Crippen molar-refractivity contribution in [3.8, 4) is 11.4 Å². The lowest BCUT2D eigenvalue weighted by atomic mass is 9.84. The van der Waals surface area contributed by atoms with Crippen molar-refractivity contribution in [1.29, 1.82) is 0 Å². The van der Waals surface area contributed by atoms with E-state index in [1.165, 1.54) is 0 Å². The van der Waals surface area contributed by atoms with Crippen LogP contribution in [0, 0.1) is 0 Å². The first-order valence-electron chi connectivity index (χ1n) is 10.5. The van der Waals surface area contributed by atoms with Gasteiger partial charge in [0.25, 0.3) is 0 Å². The molecule has 4 rings (SSSR count). The third kappa shape index (κ3) is 4.62. The van der Waals surface area contributed by atoms with Crippen molar-refractivity contribution in [1.82, 2.24) is 15.0 Å². The van der Waals surface area contributed by atoms with Crippen LogP contribution in [0.1, 0.15) is 38.3 Å². The second-order valence-electron chi connectivity index (χ2n) is 8.79. The van der Waals surface area contributed by atoms with E-state index in [-0.39, 0.29) is 23.5 Å². The van der Waals surface area contributed by atoms with Gasteiger partial charge in [0.1, 0.15) is 17.0 Å². The molecule has 32 heavy (non-hydrogen) atoms. The minimum Gasteiger partial charge on any atom is -0.505 e. The molecule has 1 heterocycles. The molecule has 7 heteroatoms. The van der Waals surface area contributed by atoms with Crippen molar-refractivity contribution in [2.75, 3.05) is 0 Å². The Kier molecular flexibility index (Phi) is 5.93. The minimum atomic E-state index is -0.355. The normalized spacial score (nSPS) is 11.7. The minimum absolute atomic E-state index is 0.162. The number of hydrogen-bond donors (Lipinski definition) is 2. The number of primary amides is 1. The van der Waals surface area contributed by atoms with E-state index < -0.39 is 0 Å². The van der Waals surface area contributed by atoms with Gasteiger partial charge in [0.2, 0.25) is 5.91 Å². The van der Waals surface area contributed by atoms with Crippen molar-refractivity contribution in [2.45, 2.75) is 48.8 Å². The number of aryl methyl sites for hydroxylation is 1. The molecule has 1 aromatic heterocycles. The van der Waals surface area contributed by atoms with Gasteiger partial charge in [-0.3, -0.25) is 4.79 Å². The molecule has 0 aliphatic carbocycles. The molecule has 0 atom stereocenters. The summed E-state index contributed by atoms with van der Waals surface area (Å²) in [5.74, 6) is -0.193. The topological polar surface area (TPSA) is 94.0 Å². The summed E-state index contributed by atoms with van der Waals surface area (Å²) >= 11 is 1.66. The van der Waals surface area contributed by atoms with Gasteiger partial charge in [0.05, 0.1) is 5.52 Å².